The molecule has 0 saturated carbocycles. The van der Waals surface area contributed by atoms with Crippen LogP contribution >= 0.6 is 0 Å². The number of anilines is 1. The van der Waals surface area contributed by atoms with Gasteiger partial charge >= 0.3 is 0 Å². The summed E-state index contributed by atoms with van der Waals surface area (Å²) in [6.45, 7) is 5.44. The van der Waals surface area contributed by atoms with Crippen LogP contribution in [0.15, 0.2) is 17.1 Å². The fourth-order valence-corrected chi connectivity index (χ4v) is 1.16. The Kier molecular flexibility index (Phi) is 3.65. The average molecular weight is 245 g/mol. The number of hydrogen-bond acceptors (Lipinski definition) is 1. The summed E-state index contributed by atoms with van der Waals surface area (Å²) < 4.78 is 38.5. The average Bonchev–Trinajstić information content (AvgIpc) is 2.10. The zero-order chi connectivity index (χ0) is 13.2. The second-order valence-electron chi connectivity index (χ2n) is 4.55. The molecule has 17 heavy (non-hydrogen) atoms. The molecule has 0 spiro atoms. The first kappa shape index (κ1) is 13.3. The Morgan fingerprint density at radius 3 is 2.06 bits per heavy atom. The second kappa shape index (κ2) is 4.65. The number of rotatable bonds is 1. The minimum atomic E-state index is -1.51. The van der Waals surface area contributed by atoms with Gasteiger partial charge in [0.25, 0.3) is 0 Å². The van der Waals surface area contributed by atoms with Crippen molar-refractivity contribution in [3.63, 3.8) is 0 Å². The summed E-state index contributed by atoms with van der Waals surface area (Å²) in [5.41, 5.74) is 5.11. The summed E-state index contributed by atoms with van der Waals surface area (Å²) in [4.78, 5) is 4.03. The lowest BCUT2D eigenvalue weighted by Gasteiger charge is -2.14. The normalized spacial score (nSPS) is 12.7. The topological polar surface area (TPSA) is 50.4 Å². The monoisotopic (exact) mass is 245 g/mol. The van der Waals surface area contributed by atoms with Gasteiger partial charge in [0.05, 0.1) is 5.54 Å². The van der Waals surface area contributed by atoms with Gasteiger partial charge < -0.3 is 11.1 Å². The van der Waals surface area contributed by atoms with Gasteiger partial charge in [0.15, 0.2) is 23.4 Å². The van der Waals surface area contributed by atoms with Crippen LogP contribution in [0, 0.1) is 17.5 Å². The summed E-state index contributed by atoms with van der Waals surface area (Å²) >= 11 is 0. The van der Waals surface area contributed by atoms with Crippen molar-refractivity contribution < 1.29 is 13.2 Å². The molecule has 0 atom stereocenters. The second-order valence-corrected chi connectivity index (χ2v) is 4.55. The molecule has 0 fully saturated rings. The molecule has 0 heterocycles. The predicted molar refractivity (Wildman–Crippen MR) is 61.3 cm³/mol. The summed E-state index contributed by atoms with van der Waals surface area (Å²) in [6, 6.07) is 1.62. The van der Waals surface area contributed by atoms with E-state index < -0.39 is 23.0 Å². The zero-order valence-corrected chi connectivity index (χ0v) is 9.81. The van der Waals surface area contributed by atoms with E-state index in [-0.39, 0.29) is 11.6 Å². The molecular formula is C11H14F3N3. The van der Waals surface area contributed by atoms with Gasteiger partial charge in [0, 0.05) is 17.8 Å². The van der Waals surface area contributed by atoms with E-state index in [1.54, 1.807) is 0 Å². The highest BCUT2D eigenvalue weighted by Gasteiger charge is 2.12. The minimum absolute atomic E-state index is 0.00269. The molecule has 6 heteroatoms. The Balaban J connectivity index is 2.94. The maximum Gasteiger partial charge on any atom is 0.194 e. The van der Waals surface area contributed by atoms with E-state index >= 15 is 0 Å². The summed E-state index contributed by atoms with van der Waals surface area (Å²) in [6.07, 6.45) is 0. The first-order chi connectivity index (χ1) is 7.69. The molecule has 0 saturated heterocycles. The first-order valence-electron chi connectivity index (χ1n) is 4.96. The number of guanidine groups is 1. The van der Waals surface area contributed by atoms with Crippen LogP contribution in [0.3, 0.4) is 0 Å². The maximum atomic E-state index is 12.9. The van der Waals surface area contributed by atoms with Gasteiger partial charge in [-0.15, -0.1) is 0 Å². The van der Waals surface area contributed by atoms with Crippen LogP contribution in [0.4, 0.5) is 18.9 Å². The van der Waals surface area contributed by atoms with Crippen molar-refractivity contribution in [2.75, 3.05) is 5.32 Å². The zero-order valence-electron chi connectivity index (χ0n) is 9.81. The van der Waals surface area contributed by atoms with Crippen LogP contribution in [0.2, 0.25) is 0 Å². The lowest BCUT2D eigenvalue weighted by Crippen LogP contribution is -2.27. The third-order valence-corrected chi connectivity index (χ3v) is 1.71. The standard InChI is InChI=1S/C11H14F3N3/c1-11(2,3)17-10(15)16-6-4-7(12)9(14)8(13)5-6/h4-5H,1-3H3,(H3,15,16,17). The Morgan fingerprint density at radius 2 is 1.65 bits per heavy atom. The lowest BCUT2D eigenvalue weighted by molar-refractivity contribution is 0.448. The van der Waals surface area contributed by atoms with E-state index in [2.05, 4.69) is 10.3 Å². The minimum Gasteiger partial charge on any atom is -0.370 e. The molecule has 3 nitrogen and oxygen atoms in total. The molecule has 0 aliphatic carbocycles. The molecule has 94 valence electrons. The van der Waals surface area contributed by atoms with E-state index in [1.165, 1.54) is 0 Å². The first-order valence-corrected chi connectivity index (χ1v) is 4.96. The lowest BCUT2D eigenvalue weighted by atomic mass is 10.1. The van der Waals surface area contributed by atoms with Gasteiger partial charge in [-0.1, -0.05) is 0 Å². The van der Waals surface area contributed by atoms with Crippen molar-refractivity contribution in [3.05, 3.63) is 29.6 Å². The summed E-state index contributed by atoms with van der Waals surface area (Å²) in [7, 11) is 0. The molecular weight excluding hydrogens is 231 g/mol. The third kappa shape index (κ3) is 3.97. The highest BCUT2D eigenvalue weighted by Crippen LogP contribution is 2.17. The SMILES string of the molecule is CC(C)(C)N=C(N)Nc1cc(F)c(F)c(F)c1. The Bertz CT molecular complexity index is 427. The molecule has 0 unspecified atom stereocenters. The number of halogens is 3. The molecule has 0 aromatic heterocycles. The molecule has 1 rings (SSSR count). The van der Waals surface area contributed by atoms with E-state index in [0.717, 1.165) is 12.1 Å². The Hall–Kier alpha value is -1.72. The van der Waals surface area contributed by atoms with Crippen molar-refractivity contribution in [3.8, 4) is 0 Å². The fourth-order valence-electron chi connectivity index (χ4n) is 1.16. The van der Waals surface area contributed by atoms with Gasteiger partial charge in [-0.2, -0.15) is 0 Å². The molecule has 0 aliphatic heterocycles. The van der Waals surface area contributed by atoms with Crippen LogP contribution in [-0.2, 0) is 0 Å². The van der Waals surface area contributed by atoms with Crippen LogP contribution in [0.5, 0.6) is 0 Å². The van der Waals surface area contributed by atoms with Crippen molar-refractivity contribution in [1.29, 1.82) is 0 Å². The molecule has 0 amide bonds. The number of nitrogens with one attached hydrogen (secondary N) is 1. The highest BCUT2D eigenvalue weighted by atomic mass is 19.2. The largest absolute Gasteiger partial charge is 0.370 e. The van der Waals surface area contributed by atoms with Gasteiger partial charge in [-0.25, -0.2) is 18.2 Å². The van der Waals surface area contributed by atoms with E-state index in [1.807, 2.05) is 20.8 Å². The van der Waals surface area contributed by atoms with Crippen molar-refractivity contribution in [2.45, 2.75) is 26.3 Å². The van der Waals surface area contributed by atoms with Gasteiger partial charge in [-0.3, -0.25) is 0 Å². The Labute approximate surface area is 97.5 Å². The van der Waals surface area contributed by atoms with Gasteiger partial charge in [-0.05, 0) is 20.8 Å². The van der Waals surface area contributed by atoms with Crippen molar-refractivity contribution in [2.24, 2.45) is 10.7 Å². The van der Waals surface area contributed by atoms with E-state index in [0.29, 0.717) is 0 Å². The summed E-state index contributed by atoms with van der Waals surface area (Å²) in [5.74, 6) is -4.07. The molecule has 3 N–H and O–H groups in total. The van der Waals surface area contributed by atoms with E-state index in [4.69, 9.17) is 5.73 Å². The molecule has 0 bridgehead atoms. The fraction of sp³-hybridized carbons (Fsp3) is 0.364. The van der Waals surface area contributed by atoms with Crippen LogP contribution in [-0.4, -0.2) is 11.5 Å². The van der Waals surface area contributed by atoms with Gasteiger partial charge in [0.1, 0.15) is 0 Å². The number of benzene rings is 1. The Morgan fingerprint density at radius 1 is 1.18 bits per heavy atom. The highest BCUT2D eigenvalue weighted by molar-refractivity contribution is 5.92. The van der Waals surface area contributed by atoms with Crippen LogP contribution < -0.4 is 11.1 Å². The van der Waals surface area contributed by atoms with Crippen molar-refractivity contribution in [1.82, 2.24) is 0 Å². The van der Waals surface area contributed by atoms with Gasteiger partial charge in [0.2, 0.25) is 0 Å². The third-order valence-electron chi connectivity index (χ3n) is 1.71. The number of nitrogens with zero attached hydrogens (tertiary/aromatic N) is 1. The van der Waals surface area contributed by atoms with Crippen LogP contribution in [0.25, 0.3) is 0 Å². The molecule has 1 aromatic rings. The van der Waals surface area contributed by atoms with Crippen LogP contribution in [0.1, 0.15) is 20.8 Å². The maximum absolute atomic E-state index is 12.9. The number of aliphatic imine (C=N–C) groups is 1. The summed E-state index contributed by atoms with van der Waals surface area (Å²) in [5, 5.41) is 2.49. The number of hydrogen-bond donors (Lipinski definition) is 2. The van der Waals surface area contributed by atoms with E-state index in [9.17, 15) is 13.2 Å². The molecule has 0 radical (unpaired) electrons. The van der Waals surface area contributed by atoms with Crippen molar-refractivity contribution >= 4 is 11.6 Å². The predicted octanol–water partition coefficient (Wildman–Crippen LogP) is 2.63. The molecule has 0 aliphatic rings. The quantitative estimate of drug-likeness (QED) is 0.454. The number of nitrogens with two attached hydrogens (primary N) is 1. The smallest absolute Gasteiger partial charge is 0.194 e. The molecule has 1 aromatic carbocycles.